The number of nitrogens with zero attached hydrogens (tertiary/aromatic N) is 2. The van der Waals surface area contributed by atoms with Crippen molar-refractivity contribution in [2.45, 2.75) is 13.8 Å². The lowest BCUT2D eigenvalue weighted by Gasteiger charge is -2.16. The summed E-state index contributed by atoms with van der Waals surface area (Å²) >= 11 is 0. The maximum atomic E-state index is 9.13. The van der Waals surface area contributed by atoms with E-state index in [0.717, 1.165) is 11.3 Å². The van der Waals surface area contributed by atoms with Crippen LogP contribution in [0.15, 0.2) is 30.2 Å². The van der Waals surface area contributed by atoms with E-state index >= 15 is 0 Å². The highest BCUT2D eigenvalue weighted by molar-refractivity contribution is 5.51. The van der Waals surface area contributed by atoms with Crippen LogP contribution in [0.1, 0.15) is 11.1 Å². The quantitative estimate of drug-likeness (QED) is 0.729. The molecule has 0 fully saturated rings. The Morgan fingerprint density at radius 1 is 1.27 bits per heavy atom. The van der Waals surface area contributed by atoms with Gasteiger partial charge in [0.1, 0.15) is 0 Å². The number of benzene rings is 1. The van der Waals surface area contributed by atoms with Crippen molar-refractivity contribution in [1.82, 2.24) is 5.23 Å². The Kier molecular flexibility index (Phi) is 2.26. The van der Waals surface area contributed by atoms with Gasteiger partial charge in [-0.1, -0.05) is 11.3 Å². The Labute approximate surface area is 87.8 Å². The van der Waals surface area contributed by atoms with Gasteiger partial charge in [0.15, 0.2) is 5.82 Å². The molecule has 0 radical (unpaired) electrons. The monoisotopic (exact) mass is 207 g/mol. The largest absolute Gasteiger partial charge is 0.380 e. The first-order valence-corrected chi connectivity index (χ1v) is 4.59. The molecular weight excluding hydrogens is 194 g/mol. The molecule has 0 saturated heterocycles. The maximum absolute atomic E-state index is 9.13. The summed E-state index contributed by atoms with van der Waals surface area (Å²) < 4.78 is 0. The van der Waals surface area contributed by atoms with Crippen LogP contribution in [0.4, 0.5) is 5.69 Å². The summed E-state index contributed by atoms with van der Waals surface area (Å²) in [6.45, 7) is 4.05. The van der Waals surface area contributed by atoms with Crippen molar-refractivity contribution >= 4 is 5.69 Å². The van der Waals surface area contributed by atoms with Gasteiger partial charge in [-0.3, -0.25) is 5.21 Å². The third-order valence-corrected chi connectivity index (χ3v) is 2.38. The Hall–Kier alpha value is -1.72. The molecular formula is C10H13N3O2. The summed E-state index contributed by atoms with van der Waals surface area (Å²) in [5, 5.41) is 11.1. The Bertz CT molecular complexity index is 417. The molecule has 0 aliphatic carbocycles. The topological polar surface area (TPSA) is 62.0 Å². The Morgan fingerprint density at radius 2 is 2.00 bits per heavy atom. The number of hydroxylamine groups is 3. The second kappa shape index (κ2) is 3.45. The van der Waals surface area contributed by atoms with E-state index in [1.165, 1.54) is 16.8 Å². The number of rotatable bonds is 1. The number of hydrogen-bond acceptors (Lipinski definition) is 5. The fourth-order valence-electron chi connectivity index (χ4n) is 1.31. The van der Waals surface area contributed by atoms with Gasteiger partial charge < -0.3 is 5.73 Å². The molecule has 0 atom stereocenters. The van der Waals surface area contributed by atoms with Crippen molar-refractivity contribution in [2.75, 3.05) is 5.06 Å². The number of hydrogen-bond donors (Lipinski definition) is 2. The average molecular weight is 207 g/mol. The van der Waals surface area contributed by atoms with E-state index in [2.05, 4.69) is 0 Å². The van der Waals surface area contributed by atoms with Crippen LogP contribution in [0.2, 0.25) is 0 Å². The van der Waals surface area contributed by atoms with Crippen molar-refractivity contribution in [2.24, 2.45) is 5.73 Å². The number of aryl methyl sites for hydroxylation is 2. The summed E-state index contributed by atoms with van der Waals surface area (Å²) in [6.07, 6.45) is 1.50. The van der Waals surface area contributed by atoms with Gasteiger partial charge in [-0.15, -0.1) is 4.94 Å². The zero-order valence-electron chi connectivity index (χ0n) is 8.64. The van der Waals surface area contributed by atoms with Gasteiger partial charge in [0.2, 0.25) is 0 Å². The van der Waals surface area contributed by atoms with Gasteiger partial charge in [-0.05, 0) is 37.1 Å². The van der Waals surface area contributed by atoms with Crippen LogP contribution in [-0.2, 0) is 4.94 Å². The van der Waals surface area contributed by atoms with Crippen LogP contribution < -0.4 is 10.8 Å². The molecule has 0 spiro atoms. The van der Waals surface area contributed by atoms with E-state index in [0.29, 0.717) is 5.23 Å². The van der Waals surface area contributed by atoms with Crippen molar-refractivity contribution in [3.63, 3.8) is 0 Å². The standard InChI is InChI=1S/C10H13N3O2/c1-7-3-4-9(5-8(7)2)12-6-10(11)13(14)15-12/h3-6,14H,11H2,1-2H3. The molecule has 0 amide bonds. The van der Waals surface area contributed by atoms with Crippen molar-refractivity contribution in [3.8, 4) is 0 Å². The highest BCUT2D eigenvalue weighted by atomic mass is 17.0. The van der Waals surface area contributed by atoms with Crippen LogP contribution >= 0.6 is 0 Å². The second-order valence-electron chi connectivity index (χ2n) is 3.50. The minimum absolute atomic E-state index is 0.147. The molecule has 80 valence electrons. The maximum Gasteiger partial charge on any atom is 0.176 e. The van der Waals surface area contributed by atoms with Crippen LogP contribution in [-0.4, -0.2) is 10.4 Å². The first-order valence-electron chi connectivity index (χ1n) is 4.59. The molecule has 5 nitrogen and oxygen atoms in total. The van der Waals surface area contributed by atoms with Gasteiger partial charge >= 0.3 is 0 Å². The smallest absolute Gasteiger partial charge is 0.176 e. The first kappa shape index (κ1) is 9.82. The molecule has 1 aliphatic heterocycles. The Morgan fingerprint density at radius 3 is 2.53 bits per heavy atom. The normalized spacial score (nSPS) is 15.8. The predicted octanol–water partition coefficient (Wildman–Crippen LogP) is 1.42. The van der Waals surface area contributed by atoms with E-state index < -0.39 is 0 Å². The summed E-state index contributed by atoms with van der Waals surface area (Å²) in [4.78, 5) is 4.96. The van der Waals surface area contributed by atoms with Crippen LogP contribution in [0.5, 0.6) is 0 Å². The highest BCUT2D eigenvalue weighted by Crippen LogP contribution is 2.23. The lowest BCUT2D eigenvalue weighted by molar-refractivity contribution is -0.304. The van der Waals surface area contributed by atoms with Crippen molar-refractivity contribution in [1.29, 1.82) is 0 Å². The van der Waals surface area contributed by atoms with Crippen molar-refractivity contribution < 1.29 is 10.1 Å². The lowest BCUT2D eigenvalue weighted by Crippen LogP contribution is -2.22. The van der Waals surface area contributed by atoms with Gasteiger partial charge in [-0.2, -0.15) is 5.06 Å². The van der Waals surface area contributed by atoms with Gasteiger partial charge in [0, 0.05) is 0 Å². The van der Waals surface area contributed by atoms with Crippen LogP contribution in [0, 0.1) is 13.8 Å². The summed E-state index contributed by atoms with van der Waals surface area (Å²) in [6, 6.07) is 5.83. The third kappa shape index (κ3) is 1.74. The number of anilines is 1. The predicted molar refractivity (Wildman–Crippen MR) is 55.4 cm³/mol. The third-order valence-electron chi connectivity index (χ3n) is 2.38. The van der Waals surface area contributed by atoms with E-state index in [1.807, 2.05) is 32.0 Å². The molecule has 5 heteroatoms. The molecule has 1 heterocycles. The van der Waals surface area contributed by atoms with E-state index in [1.54, 1.807) is 0 Å². The molecule has 0 saturated carbocycles. The SMILES string of the molecule is Cc1ccc(N2C=C(N)N(O)O2)cc1C. The van der Waals surface area contributed by atoms with E-state index in [4.69, 9.17) is 15.9 Å². The average Bonchev–Trinajstić information content (AvgIpc) is 2.52. The van der Waals surface area contributed by atoms with E-state index in [9.17, 15) is 0 Å². The van der Waals surface area contributed by atoms with Crippen LogP contribution in [0.3, 0.4) is 0 Å². The molecule has 0 bridgehead atoms. The lowest BCUT2D eigenvalue weighted by atomic mass is 10.1. The molecule has 0 aromatic heterocycles. The molecule has 15 heavy (non-hydrogen) atoms. The minimum Gasteiger partial charge on any atom is -0.380 e. The summed E-state index contributed by atoms with van der Waals surface area (Å²) in [5.41, 5.74) is 8.62. The summed E-state index contributed by atoms with van der Waals surface area (Å²) in [7, 11) is 0. The second-order valence-corrected chi connectivity index (χ2v) is 3.50. The molecule has 2 rings (SSSR count). The van der Waals surface area contributed by atoms with Gasteiger partial charge in [0.05, 0.1) is 11.9 Å². The van der Waals surface area contributed by atoms with Gasteiger partial charge in [-0.25, -0.2) is 0 Å². The molecule has 1 aliphatic rings. The molecule has 1 aromatic carbocycles. The zero-order valence-corrected chi connectivity index (χ0v) is 8.64. The molecule has 3 N–H and O–H groups in total. The summed E-state index contributed by atoms with van der Waals surface area (Å²) in [5.74, 6) is 0.147. The minimum atomic E-state index is 0.147. The van der Waals surface area contributed by atoms with E-state index in [-0.39, 0.29) is 5.82 Å². The fourth-order valence-corrected chi connectivity index (χ4v) is 1.31. The van der Waals surface area contributed by atoms with Crippen molar-refractivity contribution in [3.05, 3.63) is 41.3 Å². The highest BCUT2D eigenvalue weighted by Gasteiger charge is 2.20. The zero-order chi connectivity index (χ0) is 11.0. The first-order chi connectivity index (χ1) is 7.08. The molecule has 1 aromatic rings. The number of nitrogens with two attached hydrogens (primary N) is 1. The Balaban J connectivity index is 2.28. The fraction of sp³-hybridized carbons (Fsp3) is 0.200. The van der Waals surface area contributed by atoms with Crippen LogP contribution in [0.25, 0.3) is 0 Å². The molecule has 0 unspecified atom stereocenters. The van der Waals surface area contributed by atoms with Gasteiger partial charge in [0.25, 0.3) is 0 Å².